The van der Waals surface area contributed by atoms with Crippen LogP contribution in [0, 0.1) is 0 Å². The Morgan fingerprint density at radius 2 is 1.88 bits per heavy atom. The third kappa shape index (κ3) is 6.84. The Balaban J connectivity index is 1.72. The molecule has 140 valence electrons. The summed E-state index contributed by atoms with van der Waals surface area (Å²) in [4.78, 5) is 27.5. The van der Waals surface area contributed by atoms with E-state index >= 15 is 0 Å². The Morgan fingerprint density at radius 3 is 2.58 bits per heavy atom. The van der Waals surface area contributed by atoms with E-state index in [0.29, 0.717) is 13.0 Å². The molecule has 0 unspecified atom stereocenters. The average Bonchev–Trinajstić information content (AvgIpc) is 2.99. The van der Waals surface area contributed by atoms with Gasteiger partial charge in [0.1, 0.15) is 11.4 Å². The van der Waals surface area contributed by atoms with E-state index in [2.05, 4.69) is 33.3 Å². The Kier molecular flexibility index (Phi) is 6.60. The summed E-state index contributed by atoms with van der Waals surface area (Å²) in [5.74, 6) is 0.870. The fraction of sp³-hybridized carbons (Fsp3) is 0.389. The van der Waals surface area contributed by atoms with E-state index in [-0.39, 0.29) is 0 Å². The van der Waals surface area contributed by atoms with Crippen LogP contribution in [0.15, 0.2) is 42.7 Å². The van der Waals surface area contributed by atoms with Crippen molar-refractivity contribution < 1.29 is 14.3 Å². The van der Waals surface area contributed by atoms with Gasteiger partial charge in [0, 0.05) is 31.9 Å². The van der Waals surface area contributed by atoms with Crippen molar-refractivity contribution in [3.63, 3.8) is 0 Å². The fourth-order valence-corrected chi connectivity index (χ4v) is 2.24. The molecule has 2 aromatic rings. The van der Waals surface area contributed by atoms with Crippen LogP contribution in [-0.2, 0) is 17.7 Å². The molecule has 0 spiro atoms. The van der Waals surface area contributed by atoms with Gasteiger partial charge in [0.15, 0.2) is 0 Å². The number of urea groups is 1. The monoisotopic (exact) mass is 359 g/mol. The van der Waals surface area contributed by atoms with E-state index in [4.69, 9.17) is 4.74 Å². The highest BCUT2D eigenvalue weighted by Crippen LogP contribution is 2.06. The smallest absolute Gasteiger partial charge is 0.426 e. The van der Waals surface area contributed by atoms with Crippen LogP contribution in [0.4, 0.5) is 9.59 Å². The second kappa shape index (κ2) is 8.89. The topological polar surface area (TPSA) is 97.3 Å². The first-order valence-electron chi connectivity index (χ1n) is 8.40. The first-order valence-corrected chi connectivity index (χ1v) is 8.40. The van der Waals surface area contributed by atoms with Gasteiger partial charge >= 0.3 is 12.1 Å². The molecular formula is C18H25N5O3. The third-order valence-electron chi connectivity index (χ3n) is 3.31. The number of imidazole rings is 1. The molecule has 3 amide bonds. The molecular weight excluding hydrogens is 334 g/mol. The second-order valence-electron chi connectivity index (χ2n) is 6.71. The van der Waals surface area contributed by atoms with Crippen LogP contribution in [0.5, 0.6) is 0 Å². The van der Waals surface area contributed by atoms with Crippen molar-refractivity contribution >= 4 is 12.1 Å². The lowest BCUT2D eigenvalue weighted by Crippen LogP contribution is -2.48. The van der Waals surface area contributed by atoms with Crippen LogP contribution in [-0.4, -0.2) is 33.8 Å². The van der Waals surface area contributed by atoms with Crippen LogP contribution in [0.1, 0.15) is 32.2 Å². The first-order chi connectivity index (χ1) is 12.3. The summed E-state index contributed by atoms with van der Waals surface area (Å²) in [5, 5.41) is 2.66. The van der Waals surface area contributed by atoms with Gasteiger partial charge in [-0.3, -0.25) is 0 Å². The number of carbonyl (C=O) groups excluding carboxylic acids is 2. The molecule has 1 heterocycles. The third-order valence-corrected chi connectivity index (χ3v) is 3.31. The van der Waals surface area contributed by atoms with Crippen molar-refractivity contribution in [1.82, 2.24) is 25.7 Å². The van der Waals surface area contributed by atoms with E-state index < -0.39 is 17.7 Å². The van der Waals surface area contributed by atoms with Gasteiger partial charge in [0.05, 0.1) is 0 Å². The zero-order valence-electron chi connectivity index (χ0n) is 15.3. The van der Waals surface area contributed by atoms with Gasteiger partial charge < -0.3 is 14.6 Å². The van der Waals surface area contributed by atoms with Gasteiger partial charge in [-0.25, -0.2) is 25.4 Å². The van der Waals surface area contributed by atoms with Crippen LogP contribution in [0.25, 0.3) is 0 Å². The fourth-order valence-electron chi connectivity index (χ4n) is 2.24. The first kappa shape index (κ1) is 19.3. The standard InChI is InChI=1S/C18H25N5O3/c1-18(2,3)26-17(25)22-21-16(24)20-10-9-15-19-11-12-23(15)13-14-7-5-4-6-8-14/h4-8,11-12H,9-10,13H2,1-3H3,(H,22,25)(H2,20,21,24). The Morgan fingerprint density at radius 1 is 1.15 bits per heavy atom. The number of nitrogens with one attached hydrogen (secondary N) is 3. The molecule has 8 nitrogen and oxygen atoms in total. The Labute approximate surface area is 152 Å². The normalized spacial score (nSPS) is 10.9. The number of nitrogens with zero attached hydrogens (tertiary/aromatic N) is 2. The molecule has 0 bridgehead atoms. The van der Waals surface area contributed by atoms with Crippen molar-refractivity contribution in [1.29, 1.82) is 0 Å². The number of hydrazine groups is 1. The summed E-state index contributed by atoms with van der Waals surface area (Å²) in [6.45, 7) is 6.33. The molecule has 0 saturated heterocycles. The van der Waals surface area contributed by atoms with Crippen molar-refractivity contribution in [2.75, 3.05) is 6.54 Å². The molecule has 1 aromatic heterocycles. The van der Waals surface area contributed by atoms with Crippen LogP contribution in [0.3, 0.4) is 0 Å². The van der Waals surface area contributed by atoms with E-state index in [1.54, 1.807) is 27.0 Å². The second-order valence-corrected chi connectivity index (χ2v) is 6.71. The minimum atomic E-state index is -0.717. The zero-order chi connectivity index (χ0) is 19.0. The zero-order valence-corrected chi connectivity index (χ0v) is 15.3. The SMILES string of the molecule is CC(C)(C)OC(=O)NNC(=O)NCCc1nccn1Cc1ccccc1. The van der Waals surface area contributed by atoms with Gasteiger partial charge in [-0.15, -0.1) is 0 Å². The summed E-state index contributed by atoms with van der Waals surface area (Å²) < 4.78 is 7.05. The summed E-state index contributed by atoms with van der Waals surface area (Å²) in [6, 6.07) is 9.56. The maximum Gasteiger partial charge on any atom is 0.426 e. The van der Waals surface area contributed by atoms with Crippen molar-refractivity contribution in [2.45, 2.75) is 39.3 Å². The molecule has 0 radical (unpaired) electrons. The summed E-state index contributed by atoms with van der Waals surface area (Å²) in [6.07, 6.45) is 3.50. The lowest BCUT2D eigenvalue weighted by Gasteiger charge is -2.19. The van der Waals surface area contributed by atoms with Crippen molar-refractivity contribution in [3.05, 3.63) is 54.1 Å². The van der Waals surface area contributed by atoms with Gasteiger partial charge in [0.2, 0.25) is 0 Å². The highest BCUT2D eigenvalue weighted by molar-refractivity contribution is 5.77. The van der Waals surface area contributed by atoms with E-state index in [1.165, 1.54) is 5.56 Å². The molecule has 0 aliphatic rings. The number of ether oxygens (including phenoxy) is 1. The Hall–Kier alpha value is -3.03. The minimum absolute atomic E-state index is 0.383. The summed E-state index contributed by atoms with van der Waals surface area (Å²) in [5.41, 5.74) is 4.97. The highest BCUT2D eigenvalue weighted by atomic mass is 16.6. The minimum Gasteiger partial charge on any atom is -0.443 e. The number of aromatic nitrogens is 2. The molecule has 0 aliphatic carbocycles. The molecule has 2 rings (SSSR count). The van der Waals surface area contributed by atoms with Gasteiger partial charge in [-0.05, 0) is 26.3 Å². The maximum atomic E-state index is 11.7. The van der Waals surface area contributed by atoms with Crippen LogP contribution in [0.2, 0.25) is 0 Å². The quantitative estimate of drug-likeness (QED) is 0.713. The van der Waals surface area contributed by atoms with Crippen molar-refractivity contribution in [3.8, 4) is 0 Å². The molecule has 1 aromatic carbocycles. The Bertz CT molecular complexity index is 722. The predicted octanol–water partition coefficient (Wildman–Crippen LogP) is 2.21. The maximum absolute atomic E-state index is 11.7. The predicted molar refractivity (Wildman–Crippen MR) is 97.4 cm³/mol. The van der Waals surface area contributed by atoms with Gasteiger partial charge in [0.25, 0.3) is 0 Å². The largest absolute Gasteiger partial charge is 0.443 e. The van der Waals surface area contributed by atoms with Crippen LogP contribution < -0.4 is 16.2 Å². The summed E-state index contributed by atoms with van der Waals surface area (Å²) in [7, 11) is 0. The van der Waals surface area contributed by atoms with E-state index in [1.807, 2.05) is 29.0 Å². The molecule has 0 saturated carbocycles. The number of hydrogen-bond donors (Lipinski definition) is 3. The highest BCUT2D eigenvalue weighted by Gasteiger charge is 2.16. The molecule has 3 N–H and O–H groups in total. The number of benzene rings is 1. The lowest BCUT2D eigenvalue weighted by atomic mass is 10.2. The molecule has 0 aliphatic heterocycles. The van der Waals surface area contributed by atoms with E-state index in [9.17, 15) is 9.59 Å². The molecule has 0 fully saturated rings. The lowest BCUT2D eigenvalue weighted by molar-refractivity contribution is 0.0505. The summed E-state index contributed by atoms with van der Waals surface area (Å²) >= 11 is 0. The van der Waals surface area contributed by atoms with Gasteiger partial charge in [-0.1, -0.05) is 30.3 Å². The molecule has 0 atom stereocenters. The molecule has 26 heavy (non-hydrogen) atoms. The van der Waals surface area contributed by atoms with Crippen molar-refractivity contribution in [2.24, 2.45) is 0 Å². The molecule has 8 heteroatoms. The number of amides is 3. The van der Waals surface area contributed by atoms with E-state index in [0.717, 1.165) is 12.4 Å². The van der Waals surface area contributed by atoms with Gasteiger partial charge in [-0.2, -0.15) is 0 Å². The average molecular weight is 359 g/mol. The number of carbonyl (C=O) groups is 2. The van der Waals surface area contributed by atoms with Crippen LogP contribution >= 0.6 is 0 Å². The number of rotatable bonds is 5. The number of hydrogen-bond acceptors (Lipinski definition) is 4.